The lowest BCUT2D eigenvalue weighted by molar-refractivity contribution is -0.139. The predicted molar refractivity (Wildman–Crippen MR) is 83.2 cm³/mol. The number of carbonyl (C=O) groups excluding carboxylic acids is 2. The summed E-state index contributed by atoms with van der Waals surface area (Å²) in [6.07, 6.45) is 0.932. The van der Waals surface area contributed by atoms with Gasteiger partial charge in [-0.3, -0.25) is 4.79 Å². The summed E-state index contributed by atoms with van der Waals surface area (Å²) >= 11 is 0. The van der Waals surface area contributed by atoms with Gasteiger partial charge in [-0.1, -0.05) is 30.3 Å². The Hall–Kier alpha value is -2.56. The standard InChI is InChI=1S/C17H20N2O3/c1-13(22-17(21)15-10-7-11-18(15)2)16(20)19(3)12-14-8-5-4-6-9-14/h4-11,13H,12H2,1-3H3. The van der Waals surface area contributed by atoms with E-state index in [4.69, 9.17) is 4.74 Å². The summed E-state index contributed by atoms with van der Waals surface area (Å²) in [6, 6.07) is 13.1. The fraction of sp³-hybridized carbons (Fsp3) is 0.294. The van der Waals surface area contributed by atoms with Gasteiger partial charge in [-0.25, -0.2) is 4.79 Å². The molecule has 116 valence electrons. The molecule has 0 spiro atoms. The van der Waals surface area contributed by atoms with Gasteiger partial charge in [0, 0.05) is 26.8 Å². The highest BCUT2D eigenvalue weighted by atomic mass is 16.5. The van der Waals surface area contributed by atoms with E-state index in [9.17, 15) is 9.59 Å². The molecule has 1 heterocycles. The van der Waals surface area contributed by atoms with E-state index in [0.29, 0.717) is 12.2 Å². The van der Waals surface area contributed by atoms with Crippen LogP contribution in [0.5, 0.6) is 0 Å². The first-order valence-corrected chi connectivity index (χ1v) is 7.10. The minimum atomic E-state index is -0.823. The van der Waals surface area contributed by atoms with E-state index in [1.165, 1.54) is 0 Å². The lowest BCUT2D eigenvalue weighted by atomic mass is 10.2. The number of esters is 1. The van der Waals surface area contributed by atoms with Gasteiger partial charge in [-0.15, -0.1) is 0 Å². The third kappa shape index (κ3) is 3.75. The lowest BCUT2D eigenvalue weighted by Gasteiger charge is -2.21. The Labute approximate surface area is 130 Å². The molecule has 5 nitrogen and oxygen atoms in total. The summed E-state index contributed by atoms with van der Waals surface area (Å²) in [7, 11) is 3.45. The molecule has 5 heteroatoms. The fourth-order valence-electron chi connectivity index (χ4n) is 2.19. The van der Waals surface area contributed by atoms with Crippen LogP contribution in [0.25, 0.3) is 0 Å². The third-order valence-corrected chi connectivity index (χ3v) is 3.42. The Morgan fingerprint density at radius 3 is 2.45 bits per heavy atom. The molecule has 0 aliphatic rings. The predicted octanol–water partition coefficient (Wildman–Crippen LogP) is 2.23. The smallest absolute Gasteiger partial charge is 0.355 e. The highest BCUT2D eigenvalue weighted by Crippen LogP contribution is 2.08. The molecule has 2 rings (SSSR count). The van der Waals surface area contributed by atoms with E-state index in [1.807, 2.05) is 30.3 Å². The Kier molecular flexibility index (Phi) is 4.99. The Bertz CT molecular complexity index is 649. The van der Waals surface area contributed by atoms with Crippen molar-refractivity contribution in [3.05, 3.63) is 59.9 Å². The highest BCUT2D eigenvalue weighted by molar-refractivity contribution is 5.90. The van der Waals surface area contributed by atoms with Gasteiger partial charge in [0.2, 0.25) is 0 Å². The maximum atomic E-state index is 12.3. The Balaban J connectivity index is 1.94. The van der Waals surface area contributed by atoms with E-state index < -0.39 is 12.1 Å². The average Bonchev–Trinajstić information content (AvgIpc) is 2.93. The topological polar surface area (TPSA) is 51.5 Å². The van der Waals surface area contributed by atoms with Crippen LogP contribution in [0.4, 0.5) is 0 Å². The van der Waals surface area contributed by atoms with Crippen LogP contribution in [-0.2, 0) is 23.1 Å². The van der Waals surface area contributed by atoms with Gasteiger partial charge in [0.05, 0.1) is 0 Å². The van der Waals surface area contributed by atoms with Gasteiger partial charge in [0.15, 0.2) is 6.10 Å². The summed E-state index contributed by atoms with van der Waals surface area (Å²) in [4.78, 5) is 25.8. The number of carbonyl (C=O) groups is 2. The summed E-state index contributed by atoms with van der Waals surface area (Å²) in [5.41, 5.74) is 1.45. The second-order valence-electron chi connectivity index (χ2n) is 5.23. The summed E-state index contributed by atoms with van der Waals surface area (Å²) in [6.45, 7) is 2.07. The molecule has 0 aliphatic heterocycles. The molecule has 1 amide bonds. The SMILES string of the molecule is CC(OC(=O)c1cccn1C)C(=O)N(C)Cc1ccccc1. The lowest BCUT2D eigenvalue weighted by Crippen LogP contribution is -2.37. The Morgan fingerprint density at radius 1 is 1.18 bits per heavy atom. The van der Waals surface area contributed by atoms with Crippen LogP contribution in [0.3, 0.4) is 0 Å². The van der Waals surface area contributed by atoms with Gasteiger partial charge < -0.3 is 14.2 Å². The average molecular weight is 300 g/mol. The van der Waals surface area contributed by atoms with Crippen LogP contribution in [-0.4, -0.2) is 34.5 Å². The highest BCUT2D eigenvalue weighted by Gasteiger charge is 2.23. The van der Waals surface area contributed by atoms with Crippen molar-refractivity contribution < 1.29 is 14.3 Å². The number of rotatable bonds is 5. The van der Waals surface area contributed by atoms with Crippen molar-refractivity contribution in [2.75, 3.05) is 7.05 Å². The fourth-order valence-corrected chi connectivity index (χ4v) is 2.19. The van der Waals surface area contributed by atoms with Crippen LogP contribution in [0.15, 0.2) is 48.7 Å². The minimum Gasteiger partial charge on any atom is -0.448 e. The molecule has 0 radical (unpaired) electrons. The van der Waals surface area contributed by atoms with Crippen molar-refractivity contribution in [2.45, 2.75) is 19.6 Å². The molecule has 1 aromatic carbocycles. The molecule has 0 N–H and O–H groups in total. The zero-order chi connectivity index (χ0) is 16.1. The number of ether oxygens (including phenoxy) is 1. The van der Waals surface area contributed by atoms with Crippen molar-refractivity contribution >= 4 is 11.9 Å². The maximum Gasteiger partial charge on any atom is 0.355 e. The van der Waals surface area contributed by atoms with Gasteiger partial charge in [-0.2, -0.15) is 0 Å². The quantitative estimate of drug-likeness (QED) is 0.796. The zero-order valence-electron chi connectivity index (χ0n) is 13.0. The van der Waals surface area contributed by atoms with Gasteiger partial charge in [-0.05, 0) is 24.6 Å². The number of benzene rings is 1. The molecule has 0 bridgehead atoms. The molecule has 2 aromatic rings. The molecule has 0 fully saturated rings. The third-order valence-electron chi connectivity index (χ3n) is 3.42. The van der Waals surface area contributed by atoms with E-state index in [-0.39, 0.29) is 5.91 Å². The second kappa shape index (κ2) is 6.93. The molecular formula is C17H20N2O3. The van der Waals surface area contributed by atoms with Gasteiger partial charge in [0.1, 0.15) is 5.69 Å². The molecule has 0 saturated carbocycles. The van der Waals surface area contributed by atoms with Gasteiger partial charge in [0.25, 0.3) is 5.91 Å². The molecule has 0 aliphatic carbocycles. The Morgan fingerprint density at radius 2 is 1.86 bits per heavy atom. The zero-order valence-corrected chi connectivity index (χ0v) is 13.0. The molecule has 0 saturated heterocycles. The van der Waals surface area contributed by atoms with Crippen LogP contribution in [0, 0.1) is 0 Å². The summed E-state index contributed by atoms with van der Waals surface area (Å²) in [5, 5.41) is 0. The van der Waals surface area contributed by atoms with Crippen molar-refractivity contribution in [3.8, 4) is 0 Å². The summed E-state index contributed by atoms with van der Waals surface area (Å²) in [5.74, 6) is -0.729. The molecule has 1 unspecified atom stereocenters. The number of nitrogens with zero attached hydrogens (tertiary/aromatic N) is 2. The monoisotopic (exact) mass is 300 g/mol. The largest absolute Gasteiger partial charge is 0.448 e. The van der Waals surface area contributed by atoms with Crippen molar-refractivity contribution in [1.29, 1.82) is 0 Å². The van der Waals surface area contributed by atoms with Crippen molar-refractivity contribution in [2.24, 2.45) is 7.05 Å². The van der Waals surface area contributed by atoms with E-state index in [0.717, 1.165) is 5.56 Å². The molecule has 1 atom stereocenters. The second-order valence-corrected chi connectivity index (χ2v) is 5.23. The number of hydrogen-bond donors (Lipinski definition) is 0. The van der Waals surface area contributed by atoms with Crippen LogP contribution in [0.1, 0.15) is 23.0 Å². The van der Waals surface area contributed by atoms with Gasteiger partial charge >= 0.3 is 5.97 Å². The van der Waals surface area contributed by atoms with E-state index in [1.54, 1.807) is 48.8 Å². The number of aryl methyl sites for hydroxylation is 1. The summed E-state index contributed by atoms with van der Waals surface area (Å²) < 4.78 is 6.91. The minimum absolute atomic E-state index is 0.230. The number of likely N-dealkylation sites (N-methyl/N-ethyl adjacent to an activating group) is 1. The van der Waals surface area contributed by atoms with Crippen molar-refractivity contribution in [3.63, 3.8) is 0 Å². The first-order chi connectivity index (χ1) is 10.5. The number of aromatic nitrogens is 1. The maximum absolute atomic E-state index is 12.3. The van der Waals surface area contributed by atoms with Crippen LogP contribution >= 0.6 is 0 Å². The molecular weight excluding hydrogens is 280 g/mol. The number of hydrogen-bond acceptors (Lipinski definition) is 3. The van der Waals surface area contributed by atoms with Crippen LogP contribution < -0.4 is 0 Å². The number of amides is 1. The molecule has 22 heavy (non-hydrogen) atoms. The normalized spacial score (nSPS) is 11.8. The van der Waals surface area contributed by atoms with E-state index in [2.05, 4.69) is 0 Å². The first-order valence-electron chi connectivity index (χ1n) is 7.10. The first kappa shape index (κ1) is 15.8. The molecule has 1 aromatic heterocycles. The van der Waals surface area contributed by atoms with E-state index >= 15 is 0 Å². The van der Waals surface area contributed by atoms with Crippen LogP contribution in [0.2, 0.25) is 0 Å². The van der Waals surface area contributed by atoms with Crippen molar-refractivity contribution in [1.82, 2.24) is 9.47 Å².